The maximum atomic E-state index is 12.5. The summed E-state index contributed by atoms with van der Waals surface area (Å²) in [5, 5.41) is 28.1. The number of β-lactam (4-membered cyclic amide) rings is 1. The summed E-state index contributed by atoms with van der Waals surface area (Å²) in [7, 11) is 0. The fourth-order valence-corrected chi connectivity index (χ4v) is 2.66. The van der Waals surface area contributed by atoms with Crippen LogP contribution in [0.1, 0.15) is 5.69 Å². The number of nitrogens with zero attached hydrogens (tertiary/aromatic N) is 3. The zero-order valence-electron chi connectivity index (χ0n) is 16.2. The molecule has 156 valence electrons. The standard InChI is InChI=1S/C13H14N6O9S.2Na/c14-10(24)9-8(12(26)19(9)28-2-6(22)23)17-11(25)7(18-27-1-5(20)21)4-3-29-13(15)16-4;;/h3,8-9H,1-2H2,(H2,14,24)(H2,15,16)(H,17,25)(H,20,21)(H,22,23);;/q;2*+1/p-2/b18-7-;;/t8-,9+;;/m0../s1. The van der Waals surface area contributed by atoms with Gasteiger partial charge in [0, 0.05) is 5.38 Å². The van der Waals surface area contributed by atoms with E-state index in [1.54, 1.807) is 0 Å². The summed E-state index contributed by atoms with van der Waals surface area (Å²) in [6.07, 6.45) is 0. The number of oxime groups is 1. The number of amides is 3. The molecule has 5 N–H and O–H groups in total. The number of carbonyl (C=O) groups excluding carboxylic acids is 5. The fourth-order valence-electron chi connectivity index (χ4n) is 2.11. The maximum Gasteiger partial charge on any atom is 1.00 e. The summed E-state index contributed by atoms with van der Waals surface area (Å²) in [5.74, 6) is -6.43. The third-order valence-corrected chi connectivity index (χ3v) is 3.94. The average molecular weight is 474 g/mol. The van der Waals surface area contributed by atoms with Crippen LogP contribution < -0.4 is 86.1 Å². The SMILES string of the molecule is NC(=O)[C@H]1[C@H](NC(=O)/C(=N\OCC(=O)[O-])c2csc(N)n2)C(=O)N1OCC(=O)[O-].[Na+].[Na+]. The zero-order valence-corrected chi connectivity index (χ0v) is 21.0. The first-order chi connectivity index (χ1) is 13.6. The van der Waals surface area contributed by atoms with Crippen molar-refractivity contribution in [3.05, 3.63) is 11.1 Å². The zero-order chi connectivity index (χ0) is 21.7. The number of rotatable bonds is 10. The Morgan fingerprint density at radius 2 is 1.84 bits per heavy atom. The number of hydrogen-bond acceptors (Lipinski definition) is 13. The minimum atomic E-state index is -1.66. The third kappa shape index (κ3) is 7.69. The normalized spacial score (nSPS) is 17.5. The van der Waals surface area contributed by atoms with E-state index in [1.165, 1.54) is 5.38 Å². The Morgan fingerprint density at radius 1 is 1.23 bits per heavy atom. The van der Waals surface area contributed by atoms with Crippen LogP contribution in [-0.4, -0.2) is 70.7 Å². The Morgan fingerprint density at radius 3 is 2.32 bits per heavy atom. The van der Waals surface area contributed by atoms with Crippen molar-refractivity contribution < 1.29 is 103 Å². The van der Waals surface area contributed by atoms with Gasteiger partial charge in [-0.1, -0.05) is 5.16 Å². The molecule has 0 bridgehead atoms. The van der Waals surface area contributed by atoms with Gasteiger partial charge in [0.15, 0.2) is 23.5 Å². The Labute approximate surface area is 221 Å². The largest absolute Gasteiger partial charge is 1.00 e. The summed E-state index contributed by atoms with van der Waals surface area (Å²) in [6, 6.07) is -3.03. The van der Waals surface area contributed by atoms with Crippen LogP contribution in [0.5, 0.6) is 0 Å². The topological polar surface area (TPSA) is 242 Å². The number of primary amides is 1. The summed E-state index contributed by atoms with van der Waals surface area (Å²) in [6.45, 7) is -2.01. The molecule has 2 rings (SSSR count). The van der Waals surface area contributed by atoms with Gasteiger partial charge >= 0.3 is 59.1 Å². The van der Waals surface area contributed by atoms with Crippen molar-refractivity contribution in [2.45, 2.75) is 12.1 Å². The first kappa shape index (κ1) is 29.2. The second kappa shape index (κ2) is 12.9. The maximum absolute atomic E-state index is 12.5. The molecule has 0 aliphatic carbocycles. The third-order valence-electron chi connectivity index (χ3n) is 3.27. The molecule has 0 unspecified atom stereocenters. The molecule has 0 spiro atoms. The van der Waals surface area contributed by atoms with Crippen molar-refractivity contribution >= 4 is 51.8 Å². The van der Waals surface area contributed by atoms with Gasteiger partial charge < -0.3 is 41.4 Å². The first-order valence-electron chi connectivity index (χ1n) is 7.49. The number of carboxylic acids is 2. The van der Waals surface area contributed by atoms with E-state index in [2.05, 4.69) is 25.1 Å². The summed E-state index contributed by atoms with van der Waals surface area (Å²) >= 11 is 0.935. The second-order valence-corrected chi connectivity index (χ2v) is 6.15. The van der Waals surface area contributed by atoms with E-state index in [1.807, 2.05) is 0 Å². The number of nitrogens with one attached hydrogen (secondary N) is 1. The number of hydroxylamine groups is 2. The molecule has 3 amide bonds. The minimum absolute atomic E-state index is 0. The van der Waals surface area contributed by atoms with Crippen molar-refractivity contribution in [3.8, 4) is 0 Å². The van der Waals surface area contributed by atoms with Crippen LogP contribution >= 0.6 is 11.3 Å². The number of thiazole rings is 1. The van der Waals surface area contributed by atoms with Crippen molar-refractivity contribution in [1.82, 2.24) is 15.4 Å². The monoisotopic (exact) mass is 474 g/mol. The summed E-state index contributed by atoms with van der Waals surface area (Å²) in [4.78, 5) is 69.8. The molecule has 1 aliphatic heterocycles. The van der Waals surface area contributed by atoms with Crippen LogP contribution in [-0.2, 0) is 33.6 Å². The molecule has 0 radical (unpaired) electrons. The van der Waals surface area contributed by atoms with Gasteiger partial charge in [-0.2, -0.15) is 0 Å². The average Bonchev–Trinajstić information content (AvgIpc) is 3.05. The molecule has 2 atom stereocenters. The van der Waals surface area contributed by atoms with E-state index in [-0.39, 0.29) is 69.9 Å². The van der Waals surface area contributed by atoms with E-state index in [0.29, 0.717) is 5.06 Å². The fraction of sp³-hybridized carbons (Fsp3) is 0.308. The molecule has 15 nitrogen and oxygen atoms in total. The Balaban J connectivity index is 0.00000450. The van der Waals surface area contributed by atoms with E-state index < -0.39 is 60.7 Å². The van der Waals surface area contributed by atoms with E-state index in [0.717, 1.165) is 11.3 Å². The Hall–Kier alpha value is -1.79. The van der Waals surface area contributed by atoms with Gasteiger partial charge in [0.2, 0.25) is 5.91 Å². The van der Waals surface area contributed by atoms with Gasteiger partial charge in [-0.25, -0.2) is 10.0 Å². The van der Waals surface area contributed by atoms with Gasteiger partial charge in [0.05, 0.1) is 11.9 Å². The number of carbonyl (C=O) groups is 5. The molecule has 1 aromatic heterocycles. The van der Waals surface area contributed by atoms with Crippen LogP contribution in [0.2, 0.25) is 0 Å². The van der Waals surface area contributed by atoms with E-state index in [4.69, 9.17) is 11.5 Å². The van der Waals surface area contributed by atoms with Crippen LogP contribution in [0, 0.1) is 0 Å². The predicted molar refractivity (Wildman–Crippen MR) is 86.7 cm³/mol. The number of nitrogen functional groups attached to an aromatic ring is 1. The molecule has 31 heavy (non-hydrogen) atoms. The molecular formula is C13H12N6Na2O9S. The van der Waals surface area contributed by atoms with Gasteiger partial charge in [0.25, 0.3) is 11.8 Å². The summed E-state index contributed by atoms with van der Waals surface area (Å²) < 4.78 is 0. The quantitative estimate of drug-likeness (QED) is 0.124. The number of hydrogen-bond donors (Lipinski definition) is 3. The second-order valence-electron chi connectivity index (χ2n) is 5.26. The van der Waals surface area contributed by atoms with E-state index >= 15 is 0 Å². The smallest absolute Gasteiger partial charge is 0.548 e. The summed E-state index contributed by atoms with van der Waals surface area (Å²) in [5.41, 5.74) is 9.97. The number of nitrogens with two attached hydrogens (primary N) is 2. The Bertz CT molecular complexity index is 895. The van der Waals surface area contributed by atoms with Gasteiger partial charge in [0.1, 0.15) is 18.3 Å². The molecule has 1 aliphatic rings. The molecule has 1 fully saturated rings. The molecule has 0 saturated carbocycles. The first-order valence-corrected chi connectivity index (χ1v) is 8.37. The van der Waals surface area contributed by atoms with Gasteiger partial charge in [-0.15, -0.1) is 11.3 Å². The van der Waals surface area contributed by atoms with Crippen molar-refractivity contribution in [2.24, 2.45) is 10.9 Å². The number of carboxylic acid groups (broad SMARTS) is 2. The van der Waals surface area contributed by atoms with Crippen molar-refractivity contribution in [1.29, 1.82) is 0 Å². The molecular weight excluding hydrogens is 462 g/mol. The molecule has 0 aromatic carbocycles. The van der Waals surface area contributed by atoms with Gasteiger partial charge in [-0.05, 0) is 0 Å². The van der Waals surface area contributed by atoms with E-state index in [9.17, 15) is 34.2 Å². The Kier molecular flexibility index (Phi) is 12.2. The minimum Gasteiger partial charge on any atom is -0.548 e. The number of anilines is 1. The molecule has 1 aromatic rings. The number of aliphatic carboxylic acids is 2. The van der Waals surface area contributed by atoms with Crippen LogP contribution in [0.15, 0.2) is 10.5 Å². The molecule has 2 heterocycles. The van der Waals surface area contributed by atoms with Crippen LogP contribution in [0.3, 0.4) is 0 Å². The number of aromatic nitrogens is 1. The van der Waals surface area contributed by atoms with Crippen molar-refractivity contribution in [2.75, 3.05) is 18.9 Å². The molecule has 1 saturated heterocycles. The van der Waals surface area contributed by atoms with Gasteiger partial charge in [-0.3, -0.25) is 19.2 Å². The molecule has 18 heteroatoms. The van der Waals surface area contributed by atoms with Crippen LogP contribution in [0.25, 0.3) is 0 Å². The van der Waals surface area contributed by atoms with Crippen LogP contribution in [0.4, 0.5) is 5.13 Å². The van der Waals surface area contributed by atoms with Crippen molar-refractivity contribution in [3.63, 3.8) is 0 Å². The predicted octanol–water partition coefficient (Wildman–Crippen LogP) is -11.9.